The number of nitrogens with zero attached hydrogens (tertiary/aromatic N) is 1. The topological polar surface area (TPSA) is 70.7 Å². The summed E-state index contributed by atoms with van der Waals surface area (Å²) in [5, 5.41) is 5.18. The van der Waals surface area contributed by atoms with Crippen LogP contribution in [0.25, 0.3) is 0 Å². The van der Waals surface area contributed by atoms with Crippen molar-refractivity contribution < 1.29 is 18.7 Å². The van der Waals surface area contributed by atoms with Crippen molar-refractivity contribution in [2.75, 3.05) is 32.6 Å². The quantitative estimate of drug-likeness (QED) is 0.793. The largest absolute Gasteiger partial charge is 0.497 e. The summed E-state index contributed by atoms with van der Waals surface area (Å²) in [4.78, 5) is 25.5. The van der Waals surface area contributed by atoms with Gasteiger partial charge in [0, 0.05) is 26.2 Å². The molecule has 138 valence electrons. The van der Waals surface area contributed by atoms with Crippen LogP contribution >= 0.6 is 0 Å². The van der Waals surface area contributed by atoms with Crippen molar-refractivity contribution in [3.05, 3.63) is 59.4 Å². The van der Waals surface area contributed by atoms with Crippen LogP contribution in [0.3, 0.4) is 0 Å². The third kappa shape index (κ3) is 5.20. The molecule has 0 saturated heterocycles. The number of hydrogen-bond acceptors (Lipinski definition) is 4. The molecule has 6 nitrogen and oxygen atoms in total. The van der Waals surface area contributed by atoms with Gasteiger partial charge in [-0.15, -0.1) is 0 Å². The van der Waals surface area contributed by atoms with Crippen molar-refractivity contribution >= 4 is 17.5 Å². The first-order chi connectivity index (χ1) is 12.4. The fraction of sp³-hybridized carbons (Fsp3) is 0.263. The Kier molecular flexibility index (Phi) is 6.54. The van der Waals surface area contributed by atoms with E-state index < -0.39 is 11.7 Å². The van der Waals surface area contributed by atoms with E-state index in [0.717, 1.165) is 17.4 Å². The smallest absolute Gasteiger partial charge is 0.251 e. The van der Waals surface area contributed by atoms with Gasteiger partial charge in [-0.25, -0.2) is 4.39 Å². The standard InChI is InChI=1S/C19H22FN3O3/c1-23(2)17-9-6-14(10-16(17)20)19(25)22-12-18(24)21-11-13-4-7-15(26-3)8-5-13/h4-10H,11-12H2,1-3H3,(H,21,24)(H,22,25). The van der Waals surface area contributed by atoms with Crippen molar-refractivity contribution in [1.29, 1.82) is 0 Å². The first-order valence-corrected chi connectivity index (χ1v) is 8.05. The fourth-order valence-electron chi connectivity index (χ4n) is 2.28. The van der Waals surface area contributed by atoms with Crippen molar-refractivity contribution in [3.63, 3.8) is 0 Å². The minimum absolute atomic E-state index is 0.163. The highest BCUT2D eigenvalue weighted by Crippen LogP contribution is 2.18. The van der Waals surface area contributed by atoms with E-state index in [1.54, 1.807) is 38.2 Å². The Labute approximate surface area is 152 Å². The first kappa shape index (κ1) is 19.2. The lowest BCUT2D eigenvalue weighted by molar-refractivity contribution is -0.120. The molecule has 0 spiro atoms. The van der Waals surface area contributed by atoms with E-state index in [-0.39, 0.29) is 18.0 Å². The van der Waals surface area contributed by atoms with Crippen molar-refractivity contribution in [2.24, 2.45) is 0 Å². The Morgan fingerprint density at radius 1 is 1.08 bits per heavy atom. The molecule has 0 heterocycles. The van der Waals surface area contributed by atoms with Crippen LogP contribution in [0.4, 0.5) is 10.1 Å². The second-order valence-corrected chi connectivity index (χ2v) is 5.87. The molecule has 7 heteroatoms. The normalized spacial score (nSPS) is 10.2. The zero-order chi connectivity index (χ0) is 19.1. The van der Waals surface area contributed by atoms with Crippen LogP contribution in [-0.4, -0.2) is 39.6 Å². The maximum Gasteiger partial charge on any atom is 0.251 e. The summed E-state index contributed by atoms with van der Waals surface area (Å²) >= 11 is 0. The molecule has 0 unspecified atom stereocenters. The Morgan fingerprint density at radius 2 is 1.77 bits per heavy atom. The van der Waals surface area contributed by atoms with Gasteiger partial charge < -0.3 is 20.3 Å². The third-order valence-electron chi connectivity index (χ3n) is 3.75. The van der Waals surface area contributed by atoms with Gasteiger partial charge in [0.15, 0.2) is 0 Å². The monoisotopic (exact) mass is 359 g/mol. The van der Waals surface area contributed by atoms with Gasteiger partial charge in [0.1, 0.15) is 11.6 Å². The molecule has 0 fully saturated rings. The molecule has 26 heavy (non-hydrogen) atoms. The van der Waals surface area contributed by atoms with Crippen LogP contribution < -0.4 is 20.3 Å². The molecule has 0 aliphatic rings. The number of carbonyl (C=O) groups excluding carboxylic acids is 2. The molecule has 2 aromatic rings. The lowest BCUT2D eigenvalue weighted by Gasteiger charge is -2.14. The minimum atomic E-state index is -0.506. The zero-order valence-electron chi connectivity index (χ0n) is 15.0. The van der Waals surface area contributed by atoms with Gasteiger partial charge in [-0.2, -0.15) is 0 Å². The molecule has 2 amide bonds. The molecule has 0 saturated carbocycles. The zero-order valence-corrected chi connectivity index (χ0v) is 15.0. The van der Waals surface area contributed by atoms with Crippen LogP contribution in [0.5, 0.6) is 5.75 Å². The number of methoxy groups -OCH3 is 1. The van der Waals surface area contributed by atoms with Gasteiger partial charge >= 0.3 is 0 Å². The number of amides is 2. The number of hydrogen-bond donors (Lipinski definition) is 2. The first-order valence-electron chi connectivity index (χ1n) is 8.05. The van der Waals surface area contributed by atoms with Gasteiger partial charge in [0.05, 0.1) is 19.3 Å². The van der Waals surface area contributed by atoms with E-state index in [0.29, 0.717) is 12.2 Å². The molecule has 0 atom stereocenters. The molecule has 0 bridgehead atoms. The summed E-state index contributed by atoms with van der Waals surface area (Å²) in [6.07, 6.45) is 0. The molecule has 0 aliphatic carbocycles. The molecule has 2 rings (SSSR count). The predicted octanol–water partition coefficient (Wildman–Crippen LogP) is 1.95. The Morgan fingerprint density at radius 3 is 2.35 bits per heavy atom. The van der Waals surface area contributed by atoms with Crippen LogP contribution in [0.15, 0.2) is 42.5 Å². The number of anilines is 1. The maximum absolute atomic E-state index is 13.9. The number of nitrogens with one attached hydrogen (secondary N) is 2. The minimum Gasteiger partial charge on any atom is -0.497 e. The molecule has 0 radical (unpaired) electrons. The highest BCUT2D eigenvalue weighted by molar-refractivity contribution is 5.96. The van der Waals surface area contributed by atoms with Crippen LogP contribution in [0.1, 0.15) is 15.9 Å². The fourth-order valence-corrected chi connectivity index (χ4v) is 2.28. The number of carbonyl (C=O) groups is 2. The Hall–Kier alpha value is -3.09. The van der Waals surface area contributed by atoms with E-state index in [9.17, 15) is 14.0 Å². The summed E-state index contributed by atoms with van der Waals surface area (Å²) in [5.74, 6) is -0.597. The van der Waals surface area contributed by atoms with E-state index >= 15 is 0 Å². The summed E-state index contributed by atoms with van der Waals surface area (Å²) in [7, 11) is 5.01. The molecule has 2 N–H and O–H groups in total. The number of rotatable bonds is 7. The molecule has 0 aromatic heterocycles. The highest BCUT2D eigenvalue weighted by atomic mass is 19.1. The summed E-state index contributed by atoms with van der Waals surface area (Å²) in [6.45, 7) is 0.150. The summed E-state index contributed by atoms with van der Waals surface area (Å²) in [6, 6.07) is 11.5. The van der Waals surface area contributed by atoms with E-state index in [1.807, 2.05) is 12.1 Å². The van der Waals surface area contributed by atoms with E-state index in [2.05, 4.69) is 10.6 Å². The molecular formula is C19H22FN3O3. The Bertz CT molecular complexity index is 776. The van der Waals surface area contributed by atoms with E-state index in [4.69, 9.17) is 4.74 Å². The maximum atomic E-state index is 13.9. The third-order valence-corrected chi connectivity index (χ3v) is 3.75. The SMILES string of the molecule is COc1ccc(CNC(=O)CNC(=O)c2ccc(N(C)C)c(F)c2)cc1. The van der Waals surface area contributed by atoms with Gasteiger partial charge in [-0.3, -0.25) is 9.59 Å². The number of ether oxygens (including phenoxy) is 1. The summed E-state index contributed by atoms with van der Waals surface area (Å²) in [5.41, 5.74) is 1.46. The van der Waals surface area contributed by atoms with Crippen molar-refractivity contribution in [2.45, 2.75) is 6.54 Å². The van der Waals surface area contributed by atoms with Crippen LogP contribution in [0, 0.1) is 5.82 Å². The molecule has 2 aromatic carbocycles. The van der Waals surface area contributed by atoms with Crippen LogP contribution in [-0.2, 0) is 11.3 Å². The highest BCUT2D eigenvalue weighted by Gasteiger charge is 2.12. The van der Waals surface area contributed by atoms with Crippen molar-refractivity contribution in [1.82, 2.24) is 10.6 Å². The summed E-state index contributed by atoms with van der Waals surface area (Å²) < 4.78 is 19.0. The van der Waals surface area contributed by atoms with Gasteiger partial charge in [-0.1, -0.05) is 12.1 Å². The average molecular weight is 359 g/mol. The average Bonchev–Trinajstić information content (AvgIpc) is 2.64. The predicted molar refractivity (Wildman–Crippen MR) is 97.9 cm³/mol. The van der Waals surface area contributed by atoms with E-state index in [1.165, 1.54) is 12.1 Å². The Balaban J connectivity index is 1.82. The second kappa shape index (κ2) is 8.84. The van der Waals surface area contributed by atoms with Crippen LogP contribution in [0.2, 0.25) is 0 Å². The van der Waals surface area contributed by atoms with Crippen molar-refractivity contribution in [3.8, 4) is 5.75 Å². The molecular weight excluding hydrogens is 337 g/mol. The molecule has 0 aliphatic heterocycles. The second-order valence-electron chi connectivity index (χ2n) is 5.87. The van der Waals surface area contributed by atoms with Gasteiger partial charge in [0.25, 0.3) is 5.91 Å². The number of halogens is 1. The number of benzene rings is 2. The lowest BCUT2D eigenvalue weighted by atomic mass is 10.1. The van der Waals surface area contributed by atoms with Gasteiger partial charge in [0.2, 0.25) is 5.91 Å². The van der Waals surface area contributed by atoms with Gasteiger partial charge in [-0.05, 0) is 35.9 Å². The lowest BCUT2D eigenvalue weighted by Crippen LogP contribution is -2.36.